The number of aromatic amines is 1. The standard InChI is InChI=1S/C13H13N3O2/c17-12-3-1-2-11(16-12)13(18)15-9-6-10-4-7-14-8-5-10/h1-5,7-8H,6,9H2,(H,15,18)(H,16,17). The lowest BCUT2D eigenvalue weighted by Gasteiger charge is -2.04. The Balaban J connectivity index is 1.87. The van der Waals surface area contributed by atoms with E-state index in [0.29, 0.717) is 6.54 Å². The summed E-state index contributed by atoms with van der Waals surface area (Å²) in [4.78, 5) is 29.1. The number of amides is 1. The Morgan fingerprint density at radius 1 is 1.22 bits per heavy atom. The van der Waals surface area contributed by atoms with E-state index in [1.807, 2.05) is 12.1 Å². The van der Waals surface area contributed by atoms with E-state index in [4.69, 9.17) is 0 Å². The molecule has 0 saturated carbocycles. The summed E-state index contributed by atoms with van der Waals surface area (Å²) in [7, 11) is 0. The molecule has 0 unspecified atom stereocenters. The zero-order valence-electron chi connectivity index (χ0n) is 9.72. The van der Waals surface area contributed by atoms with E-state index in [2.05, 4.69) is 15.3 Å². The first-order valence-electron chi connectivity index (χ1n) is 5.62. The summed E-state index contributed by atoms with van der Waals surface area (Å²) in [6.07, 6.45) is 4.16. The van der Waals surface area contributed by atoms with Crippen LogP contribution in [0.2, 0.25) is 0 Å². The van der Waals surface area contributed by atoms with Gasteiger partial charge >= 0.3 is 0 Å². The molecular formula is C13H13N3O2. The monoisotopic (exact) mass is 243 g/mol. The van der Waals surface area contributed by atoms with Crippen molar-refractivity contribution in [2.45, 2.75) is 6.42 Å². The third kappa shape index (κ3) is 3.28. The number of rotatable bonds is 4. The fourth-order valence-corrected chi connectivity index (χ4v) is 1.55. The molecule has 0 fully saturated rings. The summed E-state index contributed by atoms with van der Waals surface area (Å²) in [6, 6.07) is 8.29. The molecule has 0 saturated heterocycles. The molecule has 2 aromatic rings. The van der Waals surface area contributed by atoms with E-state index in [1.54, 1.807) is 24.5 Å². The molecule has 5 nitrogen and oxygen atoms in total. The largest absolute Gasteiger partial charge is 0.350 e. The first kappa shape index (κ1) is 12.0. The van der Waals surface area contributed by atoms with Gasteiger partial charge in [-0.2, -0.15) is 0 Å². The van der Waals surface area contributed by atoms with Crippen LogP contribution in [-0.4, -0.2) is 22.4 Å². The van der Waals surface area contributed by atoms with Crippen molar-refractivity contribution >= 4 is 5.91 Å². The number of hydrogen-bond donors (Lipinski definition) is 2. The summed E-state index contributed by atoms with van der Waals surface area (Å²) in [5.74, 6) is -0.276. The van der Waals surface area contributed by atoms with E-state index >= 15 is 0 Å². The molecule has 2 heterocycles. The molecule has 5 heteroatoms. The van der Waals surface area contributed by atoms with E-state index in [0.717, 1.165) is 12.0 Å². The summed E-state index contributed by atoms with van der Waals surface area (Å²) in [6.45, 7) is 0.514. The van der Waals surface area contributed by atoms with Crippen LogP contribution < -0.4 is 10.9 Å². The van der Waals surface area contributed by atoms with Crippen molar-refractivity contribution in [3.05, 3.63) is 64.3 Å². The Labute approximate surface area is 104 Å². The number of hydrogen-bond acceptors (Lipinski definition) is 3. The molecule has 0 aliphatic carbocycles. The Hall–Kier alpha value is -2.43. The smallest absolute Gasteiger partial charge is 0.267 e. The van der Waals surface area contributed by atoms with Crippen molar-refractivity contribution in [2.24, 2.45) is 0 Å². The molecule has 0 atom stereocenters. The van der Waals surface area contributed by atoms with Gasteiger partial charge in [-0.25, -0.2) is 0 Å². The van der Waals surface area contributed by atoms with Crippen molar-refractivity contribution in [3.8, 4) is 0 Å². The molecule has 2 rings (SSSR count). The third-order valence-electron chi connectivity index (χ3n) is 2.46. The van der Waals surface area contributed by atoms with Gasteiger partial charge in [-0.1, -0.05) is 6.07 Å². The van der Waals surface area contributed by atoms with Crippen molar-refractivity contribution in [3.63, 3.8) is 0 Å². The predicted octanol–water partition coefficient (Wildman–Crippen LogP) is 0.742. The van der Waals surface area contributed by atoms with Gasteiger partial charge in [0.1, 0.15) is 5.69 Å². The zero-order valence-corrected chi connectivity index (χ0v) is 9.72. The van der Waals surface area contributed by atoms with Crippen molar-refractivity contribution < 1.29 is 4.79 Å². The van der Waals surface area contributed by atoms with Crippen LogP contribution in [0.15, 0.2) is 47.5 Å². The molecule has 1 amide bonds. The molecular weight excluding hydrogens is 230 g/mol. The second kappa shape index (κ2) is 5.77. The molecule has 0 aliphatic rings. The summed E-state index contributed by atoms with van der Waals surface area (Å²) in [5, 5.41) is 2.75. The Morgan fingerprint density at radius 2 is 2.00 bits per heavy atom. The molecule has 0 aliphatic heterocycles. The Kier molecular flexibility index (Phi) is 3.86. The molecule has 0 spiro atoms. The van der Waals surface area contributed by atoms with Crippen LogP contribution in [0.3, 0.4) is 0 Å². The van der Waals surface area contributed by atoms with Gasteiger partial charge in [-0.05, 0) is 30.2 Å². The quantitative estimate of drug-likeness (QED) is 0.831. The van der Waals surface area contributed by atoms with Gasteiger partial charge < -0.3 is 10.3 Å². The minimum Gasteiger partial charge on any atom is -0.350 e. The highest BCUT2D eigenvalue weighted by Crippen LogP contribution is 1.96. The maximum atomic E-state index is 11.7. The Morgan fingerprint density at radius 3 is 2.72 bits per heavy atom. The van der Waals surface area contributed by atoms with E-state index < -0.39 is 0 Å². The van der Waals surface area contributed by atoms with Crippen molar-refractivity contribution in [1.29, 1.82) is 0 Å². The van der Waals surface area contributed by atoms with Crippen LogP contribution in [0.1, 0.15) is 16.1 Å². The van der Waals surface area contributed by atoms with Gasteiger partial charge in [0.05, 0.1) is 0 Å². The summed E-state index contributed by atoms with van der Waals surface area (Å²) >= 11 is 0. The zero-order chi connectivity index (χ0) is 12.8. The number of carbonyl (C=O) groups excluding carboxylic acids is 1. The van der Waals surface area contributed by atoms with Gasteiger partial charge in [0.15, 0.2) is 0 Å². The number of H-pyrrole nitrogens is 1. The summed E-state index contributed by atoms with van der Waals surface area (Å²) < 4.78 is 0. The molecule has 2 N–H and O–H groups in total. The molecule has 18 heavy (non-hydrogen) atoms. The molecule has 2 aromatic heterocycles. The lowest BCUT2D eigenvalue weighted by atomic mass is 10.2. The lowest BCUT2D eigenvalue weighted by Crippen LogP contribution is -2.28. The SMILES string of the molecule is O=C(NCCc1ccncc1)c1cccc(=O)[nH]1. The van der Waals surface area contributed by atoms with Gasteiger partial charge in [0.2, 0.25) is 5.56 Å². The van der Waals surface area contributed by atoms with Crippen LogP contribution in [0.5, 0.6) is 0 Å². The topological polar surface area (TPSA) is 74.8 Å². The van der Waals surface area contributed by atoms with Gasteiger partial charge in [-0.3, -0.25) is 14.6 Å². The molecule has 0 aromatic carbocycles. The van der Waals surface area contributed by atoms with Crippen LogP contribution in [0.25, 0.3) is 0 Å². The first-order chi connectivity index (χ1) is 8.75. The van der Waals surface area contributed by atoms with Crippen molar-refractivity contribution in [1.82, 2.24) is 15.3 Å². The number of nitrogens with zero attached hydrogens (tertiary/aromatic N) is 1. The van der Waals surface area contributed by atoms with Crippen LogP contribution in [0.4, 0.5) is 0 Å². The molecule has 92 valence electrons. The molecule has 0 bridgehead atoms. The second-order valence-corrected chi connectivity index (χ2v) is 3.79. The van der Waals surface area contributed by atoms with Crippen molar-refractivity contribution in [2.75, 3.05) is 6.54 Å². The minimum atomic E-state index is -0.281. The summed E-state index contributed by atoms with van der Waals surface area (Å²) in [5.41, 5.74) is 1.10. The van der Waals surface area contributed by atoms with Gasteiger partial charge in [0.25, 0.3) is 5.91 Å². The number of nitrogens with one attached hydrogen (secondary N) is 2. The van der Waals surface area contributed by atoms with Crippen LogP contribution in [-0.2, 0) is 6.42 Å². The highest BCUT2D eigenvalue weighted by molar-refractivity contribution is 5.92. The van der Waals surface area contributed by atoms with Crippen LogP contribution >= 0.6 is 0 Å². The minimum absolute atomic E-state index is 0.275. The number of carbonyl (C=O) groups is 1. The van der Waals surface area contributed by atoms with Gasteiger partial charge in [-0.15, -0.1) is 0 Å². The maximum Gasteiger partial charge on any atom is 0.267 e. The normalized spacial score (nSPS) is 10.0. The first-order valence-corrected chi connectivity index (χ1v) is 5.62. The van der Waals surface area contributed by atoms with Gasteiger partial charge in [0, 0.05) is 25.0 Å². The number of aromatic nitrogens is 2. The lowest BCUT2D eigenvalue weighted by molar-refractivity contribution is 0.0949. The Bertz CT molecular complexity index is 578. The fraction of sp³-hybridized carbons (Fsp3) is 0.154. The average Bonchev–Trinajstić information content (AvgIpc) is 2.40. The highest BCUT2D eigenvalue weighted by Gasteiger charge is 2.04. The van der Waals surface area contributed by atoms with E-state index in [-0.39, 0.29) is 17.2 Å². The van der Waals surface area contributed by atoms with Crippen LogP contribution in [0, 0.1) is 0 Å². The van der Waals surface area contributed by atoms with E-state index in [1.165, 1.54) is 6.07 Å². The number of pyridine rings is 2. The highest BCUT2D eigenvalue weighted by atomic mass is 16.2. The van der Waals surface area contributed by atoms with E-state index in [9.17, 15) is 9.59 Å². The maximum absolute atomic E-state index is 11.7. The average molecular weight is 243 g/mol. The fourth-order valence-electron chi connectivity index (χ4n) is 1.55. The second-order valence-electron chi connectivity index (χ2n) is 3.79. The molecule has 0 radical (unpaired) electrons. The predicted molar refractivity (Wildman–Crippen MR) is 67.3 cm³/mol. The third-order valence-corrected chi connectivity index (χ3v) is 2.46.